The molecule has 1 rings (SSSR count). The number of amides is 1. The predicted octanol–water partition coefficient (Wildman–Crippen LogP) is 2.02. The number of ether oxygens (including phenoxy) is 1. The summed E-state index contributed by atoms with van der Waals surface area (Å²) in [6.45, 7) is 7.10. The van der Waals surface area contributed by atoms with Gasteiger partial charge in [-0.05, 0) is 46.5 Å². The summed E-state index contributed by atoms with van der Waals surface area (Å²) in [5.74, 6) is 0.0911. The molecule has 17 heavy (non-hydrogen) atoms. The topological polar surface area (TPSA) is 55.4 Å². The van der Waals surface area contributed by atoms with Crippen LogP contribution >= 0.6 is 0 Å². The van der Waals surface area contributed by atoms with Crippen LogP contribution < -0.4 is 5.32 Å². The van der Waals surface area contributed by atoms with E-state index in [4.69, 9.17) is 4.74 Å². The lowest BCUT2D eigenvalue weighted by atomic mass is 9.83. The van der Waals surface area contributed by atoms with Crippen molar-refractivity contribution in [2.75, 3.05) is 0 Å². The summed E-state index contributed by atoms with van der Waals surface area (Å²) in [6, 6.07) is -0.568. The Morgan fingerprint density at radius 2 is 1.94 bits per heavy atom. The molecule has 0 spiro atoms. The summed E-state index contributed by atoms with van der Waals surface area (Å²) in [7, 11) is 0. The lowest BCUT2D eigenvalue weighted by Gasteiger charge is -2.26. The average Bonchev–Trinajstić information content (AvgIpc) is 2.08. The van der Waals surface area contributed by atoms with Gasteiger partial charge in [0, 0.05) is 6.42 Å². The Labute approximate surface area is 103 Å². The maximum atomic E-state index is 11.6. The Kier molecular flexibility index (Phi) is 4.54. The van der Waals surface area contributed by atoms with E-state index in [1.165, 1.54) is 6.42 Å². The molecule has 0 heterocycles. The molecule has 1 amide bonds. The molecular formula is C13H23NO3. The Morgan fingerprint density at radius 3 is 2.35 bits per heavy atom. The summed E-state index contributed by atoms with van der Waals surface area (Å²) in [5, 5.41) is 2.69. The molecule has 1 aliphatic carbocycles. The normalized spacial score (nSPS) is 18.1. The molecule has 0 radical (unpaired) electrons. The number of rotatable bonds is 4. The third kappa shape index (κ3) is 5.20. The first-order valence-corrected chi connectivity index (χ1v) is 6.30. The SMILES string of the molecule is C[C@H](NC(=O)CC1CCC1)C(=O)OC(C)(C)C. The molecule has 98 valence electrons. The van der Waals surface area contributed by atoms with E-state index in [1.807, 2.05) is 20.8 Å². The highest BCUT2D eigenvalue weighted by Gasteiger charge is 2.25. The standard InChI is InChI=1S/C13H23NO3/c1-9(12(16)17-13(2,3)4)14-11(15)8-10-6-5-7-10/h9-10H,5-8H2,1-4H3,(H,14,15)/t9-/m0/s1. The number of hydrogen-bond donors (Lipinski definition) is 1. The van der Waals surface area contributed by atoms with Crippen LogP contribution in [0.25, 0.3) is 0 Å². The smallest absolute Gasteiger partial charge is 0.328 e. The fourth-order valence-electron chi connectivity index (χ4n) is 1.71. The summed E-state index contributed by atoms with van der Waals surface area (Å²) in [4.78, 5) is 23.2. The van der Waals surface area contributed by atoms with E-state index in [0.717, 1.165) is 12.8 Å². The van der Waals surface area contributed by atoms with Gasteiger partial charge in [-0.15, -0.1) is 0 Å². The van der Waals surface area contributed by atoms with Crippen molar-refractivity contribution in [1.82, 2.24) is 5.32 Å². The lowest BCUT2D eigenvalue weighted by Crippen LogP contribution is -2.42. The van der Waals surface area contributed by atoms with Crippen LogP contribution in [-0.4, -0.2) is 23.5 Å². The molecule has 0 aromatic rings. The van der Waals surface area contributed by atoms with Gasteiger partial charge in [-0.3, -0.25) is 4.79 Å². The molecule has 1 fully saturated rings. The lowest BCUT2D eigenvalue weighted by molar-refractivity contribution is -0.158. The highest BCUT2D eigenvalue weighted by atomic mass is 16.6. The molecule has 0 aromatic carbocycles. The van der Waals surface area contributed by atoms with Gasteiger partial charge in [-0.1, -0.05) is 6.42 Å². The van der Waals surface area contributed by atoms with Gasteiger partial charge >= 0.3 is 5.97 Å². The molecule has 4 nitrogen and oxygen atoms in total. The van der Waals surface area contributed by atoms with Gasteiger partial charge in [0.05, 0.1) is 0 Å². The molecule has 1 N–H and O–H groups in total. The molecule has 0 unspecified atom stereocenters. The fraction of sp³-hybridized carbons (Fsp3) is 0.846. The highest BCUT2D eigenvalue weighted by Crippen LogP contribution is 2.29. The third-order valence-corrected chi connectivity index (χ3v) is 2.84. The van der Waals surface area contributed by atoms with Crippen molar-refractivity contribution in [3.05, 3.63) is 0 Å². The average molecular weight is 241 g/mol. The molecule has 0 bridgehead atoms. The van der Waals surface area contributed by atoms with Crippen molar-refractivity contribution in [3.8, 4) is 0 Å². The zero-order valence-electron chi connectivity index (χ0n) is 11.2. The molecule has 4 heteroatoms. The number of hydrogen-bond acceptors (Lipinski definition) is 3. The maximum Gasteiger partial charge on any atom is 0.328 e. The Hall–Kier alpha value is -1.06. The number of nitrogens with one attached hydrogen (secondary N) is 1. The molecule has 1 saturated carbocycles. The fourth-order valence-corrected chi connectivity index (χ4v) is 1.71. The number of carbonyl (C=O) groups excluding carboxylic acids is 2. The molecule has 1 aliphatic rings. The number of carbonyl (C=O) groups is 2. The molecule has 0 aromatic heterocycles. The summed E-state index contributed by atoms with van der Waals surface area (Å²) >= 11 is 0. The van der Waals surface area contributed by atoms with Crippen molar-refractivity contribution in [2.24, 2.45) is 5.92 Å². The first-order chi connectivity index (χ1) is 7.78. The van der Waals surface area contributed by atoms with Crippen LogP contribution in [0.3, 0.4) is 0 Å². The Morgan fingerprint density at radius 1 is 1.35 bits per heavy atom. The molecular weight excluding hydrogens is 218 g/mol. The molecule has 0 saturated heterocycles. The van der Waals surface area contributed by atoms with Crippen molar-refractivity contribution in [1.29, 1.82) is 0 Å². The van der Waals surface area contributed by atoms with E-state index in [-0.39, 0.29) is 11.9 Å². The van der Waals surface area contributed by atoms with Crippen molar-refractivity contribution in [3.63, 3.8) is 0 Å². The van der Waals surface area contributed by atoms with Crippen LogP contribution in [0, 0.1) is 5.92 Å². The minimum Gasteiger partial charge on any atom is -0.458 e. The molecule has 0 aliphatic heterocycles. The van der Waals surface area contributed by atoms with Crippen LogP contribution in [0.5, 0.6) is 0 Å². The van der Waals surface area contributed by atoms with Gasteiger partial charge in [-0.25, -0.2) is 4.79 Å². The predicted molar refractivity (Wildman–Crippen MR) is 65.4 cm³/mol. The zero-order valence-corrected chi connectivity index (χ0v) is 11.2. The van der Waals surface area contributed by atoms with Crippen LogP contribution in [0.1, 0.15) is 53.4 Å². The van der Waals surface area contributed by atoms with Gasteiger partial charge in [0.15, 0.2) is 0 Å². The van der Waals surface area contributed by atoms with E-state index in [9.17, 15) is 9.59 Å². The van der Waals surface area contributed by atoms with E-state index >= 15 is 0 Å². The Bertz CT molecular complexity index is 290. The van der Waals surface area contributed by atoms with Crippen molar-refractivity contribution in [2.45, 2.75) is 65.0 Å². The summed E-state index contributed by atoms with van der Waals surface area (Å²) in [5.41, 5.74) is -0.510. The second kappa shape index (κ2) is 5.52. The minimum absolute atomic E-state index is 0.0481. The minimum atomic E-state index is -0.568. The summed E-state index contributed by atoms with van der Waals surface area (Å²) in [6.07, 6.45) is 4.02. The van der Waals surface area contributed by atoms with E-state index in [1.54, 1.807) is 6.92 Å². The van der Waals surface area contributed by atoms with Gasteiger partial charge in [0.2, 0.25) is 5.91 Å². The van der Waals surface area contributed by atoms with Crippen LogP contribution in [0.2, 0.25) is 0 Å². The zero-order chi connectivity index (χ0) is 13.1. The third-order valence-electron chi connectivity index (χ3n) is 2.84. The highest BCUT2D eigenvalue weighted by molar-refractivity contribution is 5.84. The van der Waals surface area contributed by atoms with Crippen LogP contribution in [0.15, 0.2) is 0 Å². The summed E-state index contributed by atoms with van der Waals surface area (Å²) < 4.78 is 5.19. The van der Waals surface area contributed by atoms with Crippen LogP contribution in [0.4, 0.5) is 0 Å². The van der Waals surface area contributed by atoms with E-state index in [2.05, 4.69) is 5.32 Å². The van der Waals surface area contributed by atoms with Gasteiger partial charge in [0.25, 0.3) is 0 Å². The second-order valence-corrected chi connectivity index (χ2v) is 5.82. The second-order valence-electron chi connectivity index (χ2n) is 5.82. The largest absolute Gasteiger partial charge is 0.458 e. The first kappa shape index (κ1) is 14.0. The van der Waals surface area contributed by atoms with E-state index < -0.39 is 11.6 Å². The van der Waals surface area contributed by atoms with E-state index in [0.29, 0.717) is 12.3 Å². The van der Waals surface area contributed by atoms with Crippen LogP contribution in [-0.2, 0) is 14.3 Å². The maximum absolute atomic E-state index is 11.6. The Balaban J connectivity index is 2.29. The monoisotopic (exact) mass is 241 g/mol. The van der Waals surface area contributed by atoms with Gasteiger partial charge in [-0.2, -0.15) is 0 Å². The molecule has 1 atom stereocenters. The quantitative estimate of drug-likeness (QED) is 0.766. The first-order valence-electron chi connectivity index (χ1n) is 6.30. The van der Waals surface area contributed by atoms with Crippen molar-refractivity contribution >= 4 is 11.9 Å². The van der Waals surface area contributed by atoms with Gasteiger partial charge < -0.3 is 10.1 Å². The van der Waals surface area contributed by atoms with Gasteiger partial charge in [0.1, 0.15) is 11.6 Å². The number of esters is 1. The van der Waals surface area contributed by atoms with Crippen molar-refractivity contribution < 1.29 is 14.3 Å².